The normalized spacial score (nSPS) is 18.1. The van der Waals surface area contributed by atoms with E-state index in [1.165, 1.54) is 9.21 Å². The quantitative estimate of drug-likeness (QED) is 0.657. The van der Waals surface area contributed by atoms with Crippen molar-refractivity contribution in [3.8, 4) is 0 Å². The van der Waals surface area contributed by atoms with E-state index in [0.29, 0.717) is 25.9 Å². The fraction of sp³-hybridized carbons (Fsp3) is 0.579. The smallest absolute Gasteiger partial charge is 0.243 e. The summed E-state index contributed by atoms with van der Waals surface area (Å²) in [5.74, 6) is -0.816. The summed E-state index contributed by atoms with van der Waals surface area (Å²) in [7, 11) is -3.65. The van der Waals surface area contributed by atoms with Crippen LogP contribution in [0.1, 0.15) is 33.6 Å². The van der Waals surface area contributed by atoms with E-state index in [-0.39, 0.29) is 35.8 Å². The van der Waals surface area contributed by atoms with Crippen LogP contribution >= 0.6 is 15.9 Å². The number of piperidine rings is 1. The van der Waals surface area contributed by atoms with Crippen molar-refractivity contribution in [1.82, 2.24) is 14.5 Å². The molecule has 1 N–H and O–H groups in total. The van der Waals surface area contributed by atoms with E-state index in [9.17, 15) is 18.0 Å². The van der Waals surface area contributed by atoms with Crippen LogP contribution in [0.5, 0.6) is 0 Å². The molecule has 0 bridgehead atoms. The van der Waals surface area contributed by atoms with Crippen LogP contribution in [0.4, 0.5) is 0 Å². The minimum absolute atomic E-state index is 0.00234. The van der Waals surface area contributed by atoms with Crippen molar-refractivity contribution in [2.24, 2.45) is 5.92 Å². The summed E-state index contributed by atoms with van der Waals surface area (Å²) in [6.45, 7) is 6.47. The van der Waals surface area contributed by atoms with Gasteiger partial charge in [-0.3, -0.25) is 9.59 Å². The van der Waals surface area contributed by atoms with Crippen LogP contribution in [0.3, 0.4) is 0 Å². The maximum absolute atomic E-state index is 12.9. The third kappa shape index (κ3) is 5.78. The second-order valence-corrected chi connectivity index (χ2v) is 10.1. The summed E-state index contributed by atoms with van der Waals surface area (Å²) in [4.78, 5) is 26.7. The van der Waals surface area contributed by atoms with Gasteiger partial charge in [-0.05, 0) is 57.9 Å². The molecular weight excluding hydrogens is 446 g/mol. The average Bonchev–Trinajstić information content (AvgIpc) is 2.65. The molecule has 28 heavy (non-hydrogen) atoms. The van der Waals surface area contributed by atoms with Crippen molar-refractivity contribution in [2.75, 3.05) is 26.2 Å². The van der Waals surface area contributed by atoms with Crippen molar-refractivity contribution in [3.05, 3.63) is 28.7 Å². The second kappa shape index (κ2) is 9.84. The summed E-state index contributed by atoms with van der Waals surface area (Å²) >= 11 is 3.30. The van der Waals surface area contributed by atoms with Crippen molar-refractivity contribution in [1.29, 1.82) is 0 Å². The van der Waals surface area contributed by atoms with Crippen molar-refractivity contribution >= 4 is 37.8 Å². The summed E-state index contributed by atoms with van der Waals surface area (Å²) in [5, 5.41) is 2.78. The van der Waals surface area contributed by atoms with E-state index in [4.69, 9.17) is 0 Å². The molecule has 2 amide bonds. The van der Waals surface area contributed by atoms with E-state index in [1.54, 1.807) is 24.3 Å². The number of nitrogens with zero attached hydrogens (tertiary/aromatic N) is 2. The van der Waals surface area contributed by atoms with Crippen LogP contribution < -0.4 is 5.32 Å². The Labute approximate surface area is 175 Å². The van der Waals surface area contributed by atoms with Crippen LogP contribution in [0.2, 0.25) is 0 Å². The second-order valence-electron chi connectivity index (χ2n) is 7.23. The third-order valence-electron chi connectivity index (χ3n) is 4.66. The van der Waals surface area contributed by atoms with Gasteiger partial charge in [-0.2, -0.15) is 4.31 Å². The minimum Gasteiger partial charge on any atom is -0.352 e. The summed E-state index contributed by atoms with van der Waals surface area (Å²) < 4.78 is 28.0. The average molecular weight is 474 g/mol. The molecule has 1 unspecified atom stereocenters. The maximum Gasteiger partial charge on any atom is 0.243 e. The van der Waals surface area contributed by atoms with Gasteiger partial charge in [0.2, 0.25) is 21.8 Å². The van der Waals surface area contributed by atoms with Gasteiger partial charge in [-0.1, -0.05) is 15.9 Å². The first-order chi connectivity index (χ1) is 13.1. The molecule has 1 fully saturated rings. The molecule has 0 saturated carbocycles. The molecule has 156 valence electrons. The van der Waals surface area contributed by atoms with Gasteiger partial charge in [0.25, 0.3) is 0 Å². The molecule has 1 saturated heterocycles. The fourth-order valence-corrected chi connectivity index (χ4v) is 5.05. The Morgan fingerprint density at radius 3 is 2.50 bits per heavy atom. The first-order valence-corrected chi connectivity index (χ1v) is 11.7. The van der Waals surface area contributed by atoms with Crippen LogP contribution in [0, 0.1) is 5.92 Å². The molecular formula is C19H28BrN3O4S. The molecule has 1 aromatic carbocycles. The van der Waals surface area contributed by atoms with Crippen molar-refractivity contribution < 1.29 is 18.0 Å². The zero-order valence-corrected chi connectivity index (χ0v) is 18.9. The van der Waals surface area contributed by atoms with Crippen LogP contribution in [-0.4, -0.2) is 61.7 Å². The standard InChI is InChI=1S/C19H28BrN3O4S/c1-4-22(13-18(24)21-14(2)3)19(25)15-6-5-11-23(12-15)28(26,27)17-9-7-16(20)8-10-17/h7-10,14-15H,4-6,11-13H2,1-3H3,(H,21,24). The number of hydrogen-bond acceptors (Lipinski definition) is 4. The van der Waals surface area contributed by atoms with E-state index in [2.05, 4.69) is 21.2 Å². The maximum atomic E-state index is 12.9. The summed E-state index contributed by atoms with van der Waals surface area (Å²) in [6.07, 6.45) is 1.23. The molecule has 7 nitrogen and oxygen atoms in total. The van der Waals surface area contributed by atoms with Crippen LogP contribution in [0.25, 0.3) is 0 Å². The van der Waals surface area contributed by atoms with Gasteiger partial charge < -0.3 is 10.2 Å². The Kier molecular flexibility index (Phi) is 8.03. The molecule has 2 rings (SSSR count). The number of carbonyl (C=O) groups excluding carboxylic acids is 2. The zero-order valence-electron chi connectivity index (χ0n) is 16.5. The van der Waals surface area contributed by atoms with Gasteiger partial charge in [-0.15, -0.1) is 0 Å². The van der Waals surface area contributed by atoms with Crippen LogP contribution in [0.15, 0.2) is 33.6 Å². The molecule has 0 radical (unpaired) electrons. The lowest BCUT2D eigenvalue weighted by Crippen LogP contribution is -2.49. The molecule has 9 heteroatoms. The van der Waals surface area contributed by atoms with E-state index < -0.39 is 15.9 Å². The predicted molar refractivity (Wildman–Crippen MR) is 111 cm³/mol. The number of sulfonamides is 1. The van der Waals surface area contributed by atoms with Gasteiger partial charge in [0.1, 0.15) is 0 Å². The molecule has 1 heterocycles. The lowest BCUT2D eigenvalue weighted by molar-refractivity contribution is -0.140. The Bertz CT molecular complexity index is 796. The van der Waals surface area contributed by atoms with Gasteiger partial charge >= 0.3 is 0 Å². The Morgan fingerprint density at radius 2 is 1.93 bits per heavy atom. The third-order valence-corrected chi connectivity index (χ3v) is 7.07. The van der Waals surface area contributed by atoms with E-state index in [1.807, 2.05) is 20.8 Å². The number of hydrogen-bond donors (Lipinski definition) is 1. The Morgan fingerprint density at radius 1 is 1.29 bits per heavy atom. The zero-order chi connectivity index (χ0) is 20.9. The van der Waals surface area contributed by atoms with Gasteiger partial charge in [0, 0.05) is 30.1 Å². The highest BCUT2D eigenvalue weighted by molar-refractivity contribution is 9.10. The Hall–Kier alpha value is -1.45. The number of amides is 2. The van der Waals surface area contributed by atoms with Gasteiger partial charge in [0.05, 0.1) is 17.4 Å². The number of rotatable bonds is 7. The first-order valence-electron chi connectivity index (χ1n) is 9.49. The highest BCUT2D eigenvalue weighted by Crippen LogP contribution is 2.26. The first kappa shape index (κ1) is 22.8. The largest absolute Gasteiger partial charge is 0.352 e. The monoisotopic (exact) mass is 473 g/mol. The number of carbonyl (C=O) groups is 2. The molecule has 0 aliphatic carbocycles. The van der Waals surface area contributed by atoms with E-state index >= 15 is 0 Å². The molecule has 1 atom stereocenters. The van der Waals surface area contributed by atoms with Crippen molar-refractivity contribution in [3.63, 3.8) is 0 Å². The van der Waals surface area contributed by atoms with Crippen LogP contribution in [-0.2, 0) is 19.6 Å². The van der Waals surface area contributed by atoms with Gasteiger partial charge in [-0.25, -0.2) is 8.42 Å². The Balaban J connectivity index is 2.09. The molecule has 0 spiro atoms. The van der Waals surface area contributed by atoms with E-state index in [0.717, 1.165) is 4.47 Å². The fourth-order valence-electron chi connectivity index (χ4n) is 3.26. The molecule has 1 aliphatic rings. The number of nitrogens with one attached hydrogen (secondary N) is 1. The lowest BCUT2D eigenvalue weighted by Gasteiger charge is -2.34. The number of likely N-dealkylation sites (N-methyl/N-ethyl adjacent to an activating group) is 1. The SMILES string of the molecule is CCN(CC(=O)NC(C)C)C(=O)C1CCCN(S(=O)(=O)c2ccc(Br)cc2)C1. The highest BCUT2D eigenvalue weighted by Gasteiger charge is 2.35. The van der Waals surface area contributed by atoms with Crippen molar-refractivity contribution in [2.45, 2.75) is 44.6 Å². The lowest BCUT2D eigenvalue weighted by atomic mass is 9.98. The number of benzene rings is 1. The summed E-state index contributed by atoms with van der Waals surface area (Å²) in [6, 6.07) is 6.48. The molecule has 0 aromatic heterocycles. The molecule has 1 aliphatic heterocycles. The topological polar surface area (TPSA) is 86.8 Å². The number of halogens is 1. The molecule has 1 aromatic rings. The highest BCUT2D eigenvalue weighted by atomic mass is 79.9. The predicted octanol–water partition coefficient (Wildman–Crippen LogP) is 2.22. The minimum atomic E-state index is -3.65. The summed E-state index contributed by atoms with van der Waals surface area (Å²) in [5.41, 5.74) is 0. The van der Waals surface area contributed by atoms with Gasteiger partial charge in [0.15, 0.2) is 0 Å².